The smallest absolute Gasteiger partial charge is 0.434 e. The number of aromatic nitrogens is 2. The highest BCUT2D eigenvalue weighted by Crippen LogP contribution is 2.33. The lowest BCUT2D eigenvalue weighted by Crippen LogP contribution is -2.18. The van der Waals surface area contributed by atoms with Crippen LogP contribution in [-0.4, -0.2) is 15.9 Å². The Hall–Kier alpha value is -2.58. The molecule has 4 nitrogen and oxygen atoms in total. The van der Waals surface area contributed by atoms with Crippen LogP contribution in [0.4, 0.5) is 13.2 Å². The van der Waals surface area contributed by atoms with E-state index in [1.54, 1.807) is 36.4 Å². The molecule has 29 heavy (non-hydrogen) atoms. The van der Waals surface area contributed by atoms with E-state index in [0.717, 1.165) is 23.5 Å². The second kappa shape index (κ2) is 8.84. The molecule has 1 aromatic heterocycles. The van der Waals surface area contributed by atoms with Gasteiger partial charge in [0.05, 0.1) is 0 Å². The van der Waals surface area contributed by atoms with Crippen LogP contribution in [0.1, 0.15) is 27.2 Å². The second-order valence-corrected chi connectivity index (χ2v) is 7.51. The predicted octanol–water partition coefficient (Wildman–Crippen LogP) is 5.97. The van der Waals surface area contributed by atoms with E-state index in [4.69, 9.17) is 16.3 Å². The number of esters is 1. The minimum Gasteiger partial charge on any atom is -0.457 e. The van der Waals surface area contributed by atoms with Crippen LogP contribution in [0.3, 0.4) is 0 Å². The molecule has 2 aromatic carbocycles. The molecule has 0 atom stereocenters. The van der Waals surface area contributed by atoms with Gasteiger partial charge >= 0.3 is 12.1 Å². The first-order valence-electron chi connectivity index (χ1n) is 8.33. The van der Waals surface area contributed by atoms with Crippen molar-refractivity contribution in [3.8, 4) is 0 Å². The standard InChI is InChI=1S/C20H14ClF3N2O2S/c1-12-2-8-15(9-3-12)29-19-25-10-16(17(26-19)20(22,23)24)18(27)28-11-13-4-6-14(21)7-5-13/h2-10H,11H2,1H3. The van der Waals surface area contributed by atoms with Crippen molar-refractivity contribution in [2.24, 2.45) is 0 Å². The number of carbonyl (C=O) groups excluding carboxylic acids is 1. The molecule has 9 heteroatoms. The number of aryl methyl sites for hydroxylation is 1. The molecule has 0 spiro atoms. The van der Waals surface area contributed by atoms with Crippen molar-refractivity contribution in [1.82, 2.24) is 9.97 Å². The van der Waals surface area contributed by atoms with Gasteiger partial charge in [-0.25, -0.2) is 14.8 Å². The minimum atomic E-state index is -4.83. The van der Waals surface area contributed by atoms with Gasteiger partial charge in [0.2, 0.25) is 0 Å². The Morgan fingerprint density at radius 2 is 1.76 bits per heavy atom. The molecule has 0 amide bonds. The maximum absolute atomic E-state index is 13.5. The zero-order chi connectivity index (χ0) is 21.0. The molecular weight excluding hydrogens is 425 g/mol. The molecule has 0 aliphatic rings. The lowest BCUT2D eigenvalue weighted by Gasteiger charge is -2.12. The Labute approximate surface area is 174 Å². The van der Waals surface area contributed by atoms with Crippen LogP contribution in [0.15, 0.2) is 64.8 Å². The molecule has 0 saturated carbocycles. The summed E-state index contributed by atoms with van der Waals surface area (Å²) in [6.07, 6.45) is -3.99. The summed E-state index contributed by atoms with van der Waals surface area (Å²) in [6.45, 7) is 1.70. The van der Waals surface area contributed by atoms with Crippen molar-refractivity contribution < 1.29 is 22.7 Å². The van der Waals surface area contributed by atoms with Gasteiger partial charge in [0.1, 0.15) is 12.2 Å². The van der Waals surface area contributed by atoms with Crippen LogP contribution in [0, 0.1) is 6.92 Å². The number of ether oxygens (including phenoxy) is 1. The number of hydrogen-bond donors (Lipinski definition) is 0. The lowest BCUT2D eigenvalue weighted by molar-refractivity contribution is -0.142. The molecule has 0 fully saturated rings. The fraction of sp³-hybridized carbons (Fsp3) is 0.150. The fourth-order valence-corrected chi connectivity index (χ4v) is 3.15. The fourth-order valence-electron chi connectivity index (χ4n) is 2.30. The van der Waals surface area contributed by atoms with E-state index >= 15 is 0 Å². The van der Waals surface area contributed by atoms with Crippen molar-refractivity contribution in [1.29, 1.82) is 0 Å². The van der Waals surface area contributed by atoms with E-state index in [2.05, 4.69) is 9.97 Å². The van der Waals surface area contributed by atoms with Gasteiger partial charge in [-0.2, -0.15) is 13.2 Å². The molecule has 0 N–H and O–H groups in total. The first-order valence-corrected chi connectivity index (χ1v) is 9.52. The Kier molecular flexibility index (Phi) is 6.44. The van der Waals surface area contributed by atoms with Crippen molar-refractivity contribution >= 4 is 29.3 Å². The summed E-state index contributed by atoms with van der Waals surface area (Å²) < 4.78 is 45.4. The second-order valence-electron chi connectivity index (χ2n) is 6.03. The Morgan fingerprint density at radius 1 is 1.10 bits per heavy atom. The molecule has 3 rings (SSSR count). The zero-order valence-corrected chi connectivity index (χ0v) is 16.6. The van der Waals surface area contributed by atoms with E-state index < -0.39 is 23.4 Å². The topological polar surface area (TPSA) is 52.1 Å². The third-order valence-electron chi connectivity index (χ3n) is 3.77. The summed E-state index contributed by atoms with van der Waals surface area (Å²) in [5.74, 6) is -1.15. The summed E-state index contributed by atoms with van der Waals surface area (Å²) >= 11 is 6.74. The minimum absolute atomic E-state index is 0.115. The number of halogens is 4. The number of nitrogens with zero attached hydrogens (tertiary/aromatic N) is 2. The Balaban J connectivity index is 1.80. The van der Waals surface area contributed by atoms with Gasteiger partial charge in [0.15, 0.2) is 10.9 Å². The summed E-state index contributed by atoms with van der Waals surface area (Å²) in [4.78, 5) is 20.4. The van der Waals surface area contributed by atoms with Crippen molar-refractivity contribution in [2.45, 2.75) is 29.8 Å². The lowest BCUT2D eigenvalue weighted by atomic mass is 10.2. The predicted molar refractivity (Wildman–Crippen MR) is 103 cm³/mol. The Bertz CT molecular complexity index is 1010. The quantitative estimate of drug-likeness (QED) is 0.363. The van der Waals surface area contributed by atoms with Crippen LogP contribution in [0.5, 0.6) is 0 Å². The molecule has 1 heterocycles. The van der Waals surface area contributed by atoms with Crippen LogP contribution >= 0.6 is 23.4 Å². The summed E-state index contributed by atoms with van der Waals surface area (Å²) in [5, 5.41) is 0.380. The summed E-state index contributed by atoms with van der Waals surface area (Å²) in [7, 11) is 0. The van der Waals surface area contributed by atoms with E-state index in [9.17, 15) is 18.0 Å². The summed E-state index contributed by atoms with van der Waals surface area (Å²) in [6, 6.07) is 13.6. The van der Waals surface area contributed by atoms with Crippen molar-refractivity contribution in [2.75, 3.05) is 0 Å². The third kappa shape index (κ3) is 5.71. The van der Waals surface area contributed by atoms with Gasteiger partial charge in [0, 0.05) is 16.1 Å². The molecule has 150 valence electrons. The number of alkyl halides is 3. The SMILES string of the molecule is Cc1ccc(Sc2ncc(C(=O)OCc3ccc(Cl)cc3)c(C(F)(F)F)n2)cc1. The number of hydrogen-bond acceptors (Lipinski definition) is 5. The maximum Gasteiger partial charge on any atom is 0.434 e. The van der Waals surface area contributed by atoms with Gasteiger partial charge in [0.25, 0.3) is 0 Å². The number of rotatable bonds is 5. The van der Waals surface area contributed by atoms with E-state index in [0.29, 0.717) is 15.5 Å². The van der Waals surface area contributed by atoms with Gasteiger partial charge in [-0.05, 0) is 48.5 Å². The molecule has 3 aromatic rings. The first-order chi connectivity index (χ1) is 13.7. The highest BCUT2D eigenvalue weighted by atomic mass is 35.5. The van der Waals surface area contributed by atoms with Crippen LogP contribution in [0.25, 0.3) is 0 Å². The molecular formula is C20H14ClF3N2O2S. The highest BCUT2D eigenvalue weighted by Gasteiger charge is 2.38. The molecule has 0 bridgehead atoms. The molecule has 0 saturated heterocycles. The normalized spacial score (nSPS) is 11.3. The maximum atomic E-state index is 13.5. The first kappa shape index (κ1) is 21.1. The summed E-state index contributed by atoms with van der Waals surface area (Å²) in [5.41, 5.74) is -0.461. The van der Waals surface area contributed by atoms with Crippen LogP contribution < -0.4 is 0 Å². The molecule has 0 unspecified atom stereocenters. The van der Waals surface area contributed by atoms with E-state index in [-0.39, 0.29) is 11.8 Å². The number of benzene rings is 2. The van der Waals surface area contributed by atoms with Gasteiger partial charge < -0.3 is 4.74 Å². The van der Waals surface area contributed by atoms with Crippen molar-refractivity contribution in [3.63, 3.8) is 0 Å². The Morgan fingerprint density at radius 3 is 2.38 bits per heavy atom. The molecule has 0 aliphatic heterocycles. The van der Waals surface area contributed by atoms with Crippen LogP contribution in [-0.2, 0) is 17.5 Å². The third-order valence-corrected chi connectivity index (χ3v) is 4.91. The molecule has 0 radical (unpaired) electrons. The largest absolute Gasteiger partial charge is 0.457 e. The molecule has 0 aliphatic carbocycles. The zero-order valence-electron chi connectivity index (χ0n) is 15.0. The van der Waals surface area contributed by atoms with Crippen LogP contribution in [0.2, 0.25) is 5.02 Å². The van der Waals surface area contributed by atoms with E-state index in [1.165, 1.54) is 0 Å². The van der Waals surface area contributed by atoms with Gasteiger partial charge in [-0.1, -0.05) is 41.4 Å². The highest BCUT2D eigenvalue weighted by molar-refractivity contribution is 7.99. The average Bonchev–Trinajstić information content (AvgIpc) is 2.68. The average molecular weight is 439 g/mol. The monoisotopic (exact) mass is 438 g/mol. The van der Waals surface area contributed by atoms with Gasteiger partial charge in [-0.15, -0.1) is 0 Å². The van der Waals surface area contributed by atoms with Crippen molar-refractivity contribution in [3.05, 3.63) is 82.1 Å². The van der Waals surface area contributed by atoms with Gasteiger partial charge in [-0.3, -0.25) is 0 Å². The number of carbonyl (C=O) groups is 1. The van der Waals surface area contributed by atoms with E-state index in [1.807, 2.05) is 19.1 Å².